The fraction of sp³-hybridized carbons (Fsp3) is 0.318. The predicted molar refractivity (Wildman–Crippen MR) is 114 cm³/mol. The van der Waals surface area contributed by atoms with Crippen LogP contribution in [0, 0.1) is 6.92 Å². The zero-order chi connectivity index (χ0) is 20.8. The molecule has 3 aromatic heterocycles. The number of nitrogens with zero attached hydrogens (tertiary/aromatic N) is 7. The summed E-state index contributed by atoms with van der Waals surface area (Å²) in [7, 11) is 0. The molecule has 1 aromatic carbocycles. The molecule has 31 heavy (non-hydrogen) atoms. The van der Waals surface area contributed by atoms with Crippen molar-refractivity contribution in [2.75, 3.05) is 31.2 Å². The van der Waals surface area contributed by atoms with E-state index in [1.165, 1.54) is 12.8 Å². The zero-order valence-electron chi connectivity index (χ0n) is 17.2. The number of aromatic nitrogens is 6. The lowest BCUT2D eigenvalue weighted by Crippen LogP contribution is -2.20. The topological polar surface area (TPSA) is 90.6 Å². The van der Waals surface area contributed by atoms with Crippen LogP contribution in [0.15, 0.2) is 36.7 Å². The van der Waals surface area contributed by atoms with Crippen LogP contribution >= 0.6 is 0 Å². The minimum absolute atomic E-state index is 0.539. The van der Waals surface area contributed by atoms with Crippen LogP contribution in [0.1, 0.15) is 18.5 Å². The quantitative estimate of drug-likeness (QED) is 0.504. The lowest BCUT2D eigenvalue weighted by atomic mass is 10.2. The molecule has 0 amide bonds. The molecule has 0 aliphatic carbocycles. The molecule has 1 fully saturated rings. The Labute approximate surface area is 178 Å². The van der Waals surface area contributed by atoms with Gasteiger partial charge in [-0.3, -0.25) is 0 Å². The van der Waals surface area contributed by atoms with Crippen molar-refractivity contribution in [3.63, 3.8) is 0 Å². The van der Waals surface area contributed by atoms with Gasteiger partial charge in [0.2, 0.25) is 5.95 Å². The van der Waals surface area contributed by atoms with Crippen LogP contribution in [0.4, 0.5) is 5.95 Å². The Bertz CT molecular complexity index is 1280. The molecule has 0 bridgehead atoms. The first-order chi connectivity index (χ1) is 15.3. The van der Waals surface area contributed by atoms with Crippen molar-refractivity contribution in [3.8, 4) is 34.1 Å². The number of fused-ring (bicyclic) bond motifs is 2. The molecule has 6 rings (SSSR count). The molecule has 9 heteroatoms. The van der Waals surface area contributed by atoms with Crippen LogP contribution < -0.4 is 14.4 Å². The van der Waals surface area contributed by atoms with Crippen LogP contribution in [0.2, 0.25) is 0 Å². The highest BCUT2D eigenvalue weighted by Gasteiger charge is 2.19. The van der Waals surface area contributed by atoms with Gasteiger partial charge in [-0.25, -0.2) is 19.5 Å². The summed E-state index contributed by atoms with van der Waals surface area (Å²) in [5.41, 5.74) is 3.52. The van der Waals surface area contributed by atoms with E-state index < -0.39 is 0 Å². The Balaban J connectivity index is 1.39. The molecule has 0 saturated carbocycles. The maximum atomic E-state index is 5.69. The van der Waals surface area contributed by atoms with Crippen molar-refractivity contribution in [2.24, 2.45) is 0 Å². The third-order valence-corrected chi connectivity index (χ3v) is 5.71. The number of hydrogen-bond acceptors (Lipinski definition) is 8. The normalized spacial score (nSPS) is 15.6. The van der Waals surface area contributed by atoms with Crippen molar-refractivity contribution in [1.29, 1.82) is 0 Å². The van der Waals surface area contributed by atoms with E-state index in [9.17, 15) is 0 Å². The summed E-state index contributed by atoms with van der Waals surface area (Å²) in [4.78, 5) is 20.6. The van der Waals surface area contributed by atoms with Gasteiger partial charge in [0.1, 0.15) is 13.2 Å². The van der Waals surface area contributed by atoms with Gasteiger partial charge in [0.15, 0.2) is 17.3 Å². The lowest BCUT2D eigenvalue weighted by Gasteiger charge is -2.18. The van der Waals surface area contributed by atoms with E-state index in [1.54, 1.807) is 4.52 Å². The van der Waals surface area contributed by atoms with Crippen molar-refractivity contribution in [2.45, 2.75) is 19.8 Å². The van der Waals surface area contributed by atoms with Gasteiger partial charge in [0, 0.05) is 36.6 Å². The third kappa shape index (κ3) is 3.13. The standard InChI is InChI=1S/C22H21N7O2/c1-14-16(17-6-7-23-21(25-17)28-8-2-3-9-28)13-24-22-26-20(27-29(14)22)15-4-5-18-19(12-15)31-11-10-30-18/h4-7,12-13H,2-3,8-11H2,1H3. The number of benzene rings is 1. The Hall–Kier alpha value is -3.75. The second-order valence-corrected chi connectivity index (χ2v) is 7.70. The summed E-state index contributed by atoms with van der Waals surface area (Å²) in [6, 6.07) is 7.65. The van der Waals surface area contributed by atoms with Gasteiger partial charge in [0.05, 0.1) is 11.4 Å². The maximum Gasteiger partial charge on any atom is 0.252 e. The predicted octanol–water partition coefficient (Wildman–Crippen LogP) is 2.93. The average Bonchev–Trinajstić information content (AvgIpc) is 3.50. The van der Waals surface area contributed by atoms with Gasteiger partial charge in [-0.1, -0.05) is 0 Å². The molecular weight excluding hydrogens is 394 g/mol. The van der Waals surface area contributed by atoms with Crippen molar-refractivity contribution >= 4 is 11.7 Å². The number of rotatable bonds is 3. The molecule has 4 aromatic rings. The molecule has 5 heterocycles. The van der Waals surface area contributed by atoms with Crippen LogP contribution in [-0.2, 0) is 0 Å². The van der Waals surface area contributed by atoms with Crippen molar-refractivity contribution in [1.82, 2.24) is 29.5 Å². The number of anilines is 1. The van der Waals surface area contributed by atoms with Crippen molar-refractivity contribution < 1.29 is 9.47 Å². The van der Waals surface area contributed by atoms with Gasteiger partial charge in [0.25, 0.3) is 5.78 Å². The second-order valence-electron chi connectivity index (χ2n) is 7.70. The van der Waals surface area contributed by atoms with E-state index in [2.05, 4.69) is 19.9 Å². The first kappa shape index (κ1) is 18.1. The molecular formula is C22H21N7O2. The van der Waals surface area contributed by atoms with E-state index in [0.29, 0.717) is 30.6 Å². The van der Waals surface area contributed by atoms with Crippen LogP contribution in [0.25, 0.3) is 28.4 Å². The lowest BCUT2D eigenvalue weighted by molar-refractivity contribution is 0.171. The largest absolute Gasteiger partial charge is 0.486 e. The smallest absolute Gasteiger partial charge is 0.252 e. The number of hydrogen-bond donors (Lipinski definition) is 0. The Morgan fingerprint density at radius 1 is 0.935 bits per heavy atom. The highest BCUT2D eigenvalue weighted by atomic mass is 16.6. The highest BCUT2D eigenvalue weighted by molar-refractivity contribution is 5.66. The highest BCUT2D eigenvalue weighted by Crippen LogP contribution is 2.34. The van der Waals surface area contributed by atoms with Gasteiger partial charge < -0.3 is 14.4 Å². The van der Waals surface area contributed by atoms with Crippen molar-refractivity contribution in [3.05, 3.63) is 42.4 Å². The molecule has 2 aliphatic rings. The number of aryl methyl sites for hydroxylation is 1. The summed E-state index contributed by atoms with van der Waals surface area (Å²) >= 11 is 0. The first-order valence-corrected chi connectivity index (χ1v) is 10.5. The van der Waals surface area contributed by atoms with Crippen LogP contribution in [0.3, 0.4) is 0 Å². The van der Waals surface area contributed by atoms with Gasteiger partial charge in [-0.05, 0) is 44.0 Å². The van der Waals surface area contributed by atoms with Crippen LogP contribution in [-0.4, -0.2) is 55.9 Å². The Morgan fingerprint density at radius 3 is 2.65 bits per heavy atom. The minimum atomic E-state index is 0.539. The molecule has 0 radical (unpaired) electrons. The zero-order valence-corrected chi connectivity index (χ0v) is 17.2. The fourth-order valence-corrected chi connectivity index (χ4v) is 4.07. The minimum Gasteiger partial charge on any atom is -0.486 e. The van der Waals surface area contributed by atoms with Gasteiger partial charge >= 0.3 is 0 Å². The summed E-state index contributed by atoms with van der Waals surface area (Å²) < 4.78 is 13.1. The van der Waals surface area contributed by atoms with E-state index in [1.807, 2.05) is 43.6 Å². The first-order valence-electron chi connectivity index (χ1n) is 10.5. The molecule has 0 atom stereocenters. The van der Waals surface area contributed by atoms with Gasteiger partial charge in [-0.2, -0.15) is 4.98 Å². The maximum absolute atomic E-state index is 5.69. The monoisotopic (exact) mass is 415 g/mol. The summed E-state index contributed by atoms with van der Waals surface area (Å²) in [5, 5.41) is 4.71. The fourth-order valence-electron chi connectivity index (χ4n) is 4.07. The van der Waals surface area contributed by atoms with E-state index in [-0.39, 0.29) is 0 Å². The summed E-state index contributed by atoms with van der Waals surface area (Å²) in [6.07, 6.45) is 5.98. The molecule has 0 unspecified atom stereocenters. The molecule has 156 valence electrons. The molecule has 9 nitrogen and oxygen atoms in total. The Morgan fingerprint density at radius 2 is 1.77 bits per heavy atom. The molecule has 2 aliphatic heterocycles. The second kappa shape index (κ2) is 7.19. The van der Waals surface area contributed by atoms with Gasteiger partial charge in [-0.15, -0.1) is 5.10 Å². The SMILES string of the molecule is Cc1c(-c2ccnc(N3CCCC3)n2)cnc2nc(-c3ccc4c(c3)OCCO4)nn12. The third-order valence-electron chi connectivity index (χ3n) is 5.71. The number of ether oxygens (including phenoxy) is 2. The summed E-state index contributed by atoms with van der Waals surface area (Å²) in [5.74, 6) is 3.35. The average molecular weight is 415 g/mol. The van der Waals surface area contributed by atoms with Crippen LogP contribution in [0.5, 0.6) is 11.5 Å². The molecule has 1 saturated heterocycles. The summed E-state index contributed by atoms with van der Waals surface area (Å²) in [6.45, 7) is 5.11. The Kier molecular flexibility index (Phi) is 4.19. The van der Waals surface area contributed by atoms with E-state index >= 15 is 0 Å². The van der Waals surface area contributed by atoms with E-state index in [4.69, 9.17) is 19.6 Å². The molecule has 0 N–H and O–H groups in total. The molecule has 0 spiro atoms. The van der Waals surface area contributed by atoms with E-state index in [0.717, 1.165) is 47.3 Å².